The van der Waals surface area contributed by atoms with Crippen molar-refractivity contribution in [2.24, 2.45) is 5.92 Å². The Kier molecular flexibility index (Phi) is 4.00. The summed E-state index contributed by atoms with van der Waals surface area (Å²) in [6.07, 6.45) is 1.94. The zero-order valence-electron chi connectivity index (χ0n) is 10.6. The summed E-state index contributed by atoms with van der Waals surface area (Å²) in [4.78, 5) is 0. The minimum Gasteiger partial charge on any atom is -0.397 e. The maximum Gasteiger partial charge on any atom is 0.122 e. The summed E-state index contributed by atoms with van der Waals surface area (Å²) < 4.78 is 2.09. The molecule has 1 unspecified atom stereocenters. The van der Waals surface area contributed by atoms with Gasteiger partial charge in [-0.15, -0.1) is 0 Å². The van der Waals surface area contributed by atoms with E-state index in [1.807, 2.05) is 0 Å². The summed E-state index contributed by atoms with van der Waals surface area (Å²) in [5.74, 6) is 0.548. The molecule has 0 aliphatic heterocycles. The number of hydrogen-bond donors (Lipinski definition) is 1. The Morgan fingerprint density at radius 3 is 2.50 bits per heavy atom. The van der Waals surface area contributed by atoms with Gasteiger partial charge in [-0.05, 0) is 31.7 Å². The zero-order valence-corrected chi connectivity index (χ0v) is 10.6. The lowest BCUT2D eigenvalue weighted by atomic mass is 10.1. The number of nitrogen functional groups attached to an aromatic ring is 1. The highest BCUT2D eigenvalue weighted by Crippen LogP contribution is 2.26. The van der Waals surface area contributed by atoms with E-state index >= 15 is 0 Å². The second kappa shape index (κ2) is 5.07. The first-order chi connectivity index (χ1) is 7.51. The van der Waals surface area contributed by atoms with Crippen LogP contribution in [0.5, 0.6) is 0 Å². The fourth-order valence-corrected chi connectivity index (χ4v) is 1.96. The number of hydrogen-bond acceptors (Lipinski definition) is 2. The Bertz CT molecular complexity index is 396. The van der Waals surface area contributed by atoms with Crippen molar-refractivity contribution in [2.75, 3.05) is 5.73 Å². The highest BCUT2D eigenvalue weighted by atomic mass is 15.0. The van der Waals surface area contributed by atoms with Crippen molar-refractivity contribution >= 4 is 5.69 Å². The van der Waals surface area contributed by atoms with E-state index in [1.165, 1.54) is 0 Å². The third kappa shape index (κ3) is 2.38. The van der Waals surface area contributed by atoms with Crippen LogP contribution in [0, 0.1) is 17.2 Å². The van der Waals surface area contributed by atoms with Crippen molar-refractivity contribution in [3.8, 4) is 6.07 Å². The molecule has 0 radical (unpaired) electrons. The minimum absolute atomic E-state index is 0.334. The lowest BCUT2D eigenvalue weighted by Crippen LogP contribution is -2.12. The minimum atomic E-state index is 0.334. The number of aromatic nitrogens is 1. The maximum absolute atomic E-state index is 9.11. The number of rotatable bonds is 4. The summed E-state index contributed by atoms with van der Waals surface area (Å²) in [5.41, 5.74) is 8.54. The molecule has 1 aromatic heterocycles. The molecule has 1 heterocycles. The standard InChI is InChI=1S/C13H21N3/c1-5-10(4)16-11(8-14)7-12(15)13(16)6-9(2)3/h7,9-10H,5-6,15H2,1-4H3. The molecule has 88 valence electrons. The average molecular weight is 219 g/mol. The van der Waals surface area contributed by atoms with E-state index in [0.29, 0.717) is 17.7 Å². The quantitative estimate of drug-likeness (QED) is 0.846. The van der Waals surface area contributed by atoms with Crippen LogP contribution in [0.4, 0.5) is 5.69 Å². The monoisotopic (exact) mass is 219 g/mol. The molecule has 1 rings (SSSR count). The van der Waals surface area contributed by atoms with Crippen LogP contribution in [-0.2, 0) is 6.42 Å². The first kappa shape index (κ1) is 12.6. The Morgan fingerprint density at radius 2 is 2.06 bits per heavy atom. The van der Waals surface area contributed by atoms with Gasteiger partial charge in [0.05, 0.1) is 5.69 Å². The molecule has 3 nitrogen and oxygen atoms in total. The van der Waals surface area contributed by atoms with E-state index in [9.17, 15) is 0 Å². The van der Waals surface area contributed by atoms with E-state index in [0.717, 1.165) is 24.2 Å². The Labute approximate surface area is 97.9 Å². The van der Waals surface area contributed by atoms with Crippen LogP contribution in [0.25, 0.3) is 0 Å². The predicted octanol–water partition coefficient (Wildman–Crippen LogP) is 3.11. The highest BCUT2D eigenvalue weighted by Gasteiger charge is 2.17. The van der Waals surface area contributed by atoms with E-state index in [1.54, 1.807) is 6.07 Å². The van der Waals surface area contributed by atoms with E-state index in [2.05, 4.69) is 38.3 Å². The van der Waals surface area contributed by atoms with Crippen molar-refractivity contribution in [1.29, 1.82) is 5.26 Å². The van der Waals surface area contributed by atoms with Gasteiger partial charge in [-0.2, -0.15) is 5.26 Å². The van der Waals surface area contributed by atoms with E-state index in [-0.39, 0.29) is 0 Å². The fraction of sp³-hybridized carbons (Fsp3) is 0.615. The molecule has 0 bridgehead atoms. The summed E-state index contributed by atoms with van der Waals surface area (Å²) in [7, 11) is 0. The molecule has 0 aliphatic rings. The van der Waals surface area contributed by atoms with Crippen molar-refractivity contribution < 1.29 is 0 Å². The van der Waals surface area contributed by atoms with Crippen LogP contribution >= 0.6 is 0 Å². The second-order valence-corrected chi connectivity index (χ2v) is 4.77. The molecular weight excluding hydrogens is 198 g/mol. The van der Waals surface area contributed by atoms with E-state index < -0.39 is 0 Å². The third-order valence-corrected chi connectivity index (χ3v) is 2.92. The fourth-order valence-electron chi connectivity index (χ4n) is 1.96. The van der Waals surface area contributed by atoms with E-state index in [4.69, 9.17) is 11.0 Å². The first-order valence-electron chi connectivity index (χ1n) is 5.90. The van der Waals surface area contributed by atoms with Crippen molar-refractivity contribution in [3.05, 3.63) is 17.5 Å². The molecule has 0 aromatic carbocycles. The largest absolute Gasteiger partial charge is 0.397 e. The average Bonchev–Trinajstić information content (AvgIpc) is 2.54. The topological polar surface area (TPSA) is 54.7 Å². The molecule has 2 N–H and O–H groups in total. The second-order valence-electron chi connectivity index (χ2n) is 4.77. The van der Waals surface area contributed by atoms with Crippen LogP contribution in [-0.4, -0.2) is 4.57 Å². The summed E-state index contributed by atoms with van der Waals surface area (Å²) in [6.45, 7) is 8.59. The molecule has 0 saturated heterocycles. The van der Waals surface area contributed by atoms with Crippen LogP contribution in [0.1, 0.15) is 51.5 Å². The molecule has 0 fully saturated rings. The van der Waals surface area contributed by atoms with Crippen LogP contribution in [0.15, 0.2) is 6.07 Å². The summed E-state index contributed by atoms with van der Waals surface area (Å²) in [6, 6.07) is 4.36. The zero-order chi connectivity index (χ0) is 12.3. The molecule has 0 spiro atoms. The highest BCUT2D eigenvalue weighted by molar-refractivity contribution is 5.51. The summed E-state index contributed by atoms with van der Waals surface area (Å²) >= 11 is 0. The van der Waals surface area contributed by atoms with Crippen molar-refractivity contribution in [2.45, 2.75) is 46.6 Å². The molecule has 0 amide bonds. The van der Waals surface area contributed by atoms with Gasteiger partial charge >= 0.3 is 0 Å². The van der Waals surface area contributed by atoms with Gasteiger partial charge in [0.1, 0.15) is 11.8 Å². The Hall–Kier alpha value is -1.43. The summed E-state index contributed by atoms with van der Waals surface area (Å²) in [5, 5.41) is 9.11. The molecule has 16 heavy (non-hydrogen) atoms. The van der Waals surface area contributed by atoms with Gasteiger partial charge in [-0.1, -0.05) is 20.8 Å². The smallest absolute Gasteiger partial charge is 0.122 e. The van der Waals surface area contributed by atoms with Gasteiger partial charge in [0.25, 0.3) is 0 Å². The lowest BCUT2D eigenvalue weighted by Gasteiger charge is -2.18. The first-order valence-corrected chi connectivity index (χ1v) is 5.90. The van der Waals surface area contributed by atoms with Gasteiger partial charge in [-0.25, -0.2) is 0 Å². The molecule has 0 aliphatic carbocycles. The predicted molar refractivity (Wildman–Crippen MR) is 67.1 cm³/mol. The molecular formula is C13H21N3. The molecule has 3 heteroatoms. The third-order valence-electron chi connectivity index (χ3n) is 2.92. The maximum atomic E-state index is 9.11. The number of anilines is 1. The van der Waals surface area contributed by atoms with Gasteiger partial charge in [0.15, 0.2) is 0 Å². The normalized spacial score (nSPS) is 12.8. The lowest BCUT2D eigenvalue weighted by molar-refractivity contribution is 0.493. The SMILES string of the molecule is CCC(C)n1c(C#N)cc(N)c1CC(C)C. The molecule has 1 atom stereocenters. The van der Waals surface area contributed by atoms with Gasteiger partial charge in [-0.3, -0.25) is 0 Å². The number of nitrogens with two attached hydrogens (primary N) is 1. The van der Waals surface area contributed by atoms with Gasteiger partial charge in [0, 0.05) is 11.7 Å². The van der Waals surface area contributed by atoms with Crippen LogP contribution in [0.2, 0.25) is 0 Å². The van der Waals surface area contributed by atoms with Crippen molar-refractivity contribution in [1.82, 2.24) is 4.57 Å². The Balaban J connectivity index is 3.24. The number of nitrogens with zero attached hydrogens (tertiary/aromatic N) is 2. The number of nitriles is 1. The Morgan fingerprint density at radius 1 is 1.44 bits per heavy atom. The molecule has 0 saturated carbocycles. The van der Waals surface area contributed by atoms with Crippen LogP contribution in [0.3, 0.4) is 0 Å². The van der Waals surface area contributed by atoms with Crippen LogP contribution < -0.4 is 5.73 Å². The van der Waals surface area contributed by atoms with Gasteiger partial charge < -0.3 is 10.3 Å². The van der Waals surface area contributed by atoms with Crippen molar-refractivity contribution in [3.63, 3.8) is 0 Å². The molecule has 1 aromatic rings. The van der Waals surface area contributed by atoms with Gasteiger partial charge in [0.2, 0.25) is 0 Å².